The maximum atomic E-state index is 13.5. The van der Waals surface area contributed by atoms with Crippen molar-refractivity contribution in [3.05, 3.63) is 45.1 Å². The van der Waals surface area contributed by atoms with E-state index in [9.17, 15) is 19.2 Å². The molecule has 2 heterocycles. The number of carbonyl (C=O) groups is 2. The van der Waals surface area contributed by atoms with Crippen LogP contribution in [-0.4, -0.2) is 33.0 Å². The molecule has 0 aliphatic heterocycles. The molecule has 0 radical (unpaired) electrons. The molecule has 9 heteroatoms. The van der Waals surface area contributed by atoms with E-state index in [4.69, 9.17) is 4.42 Å². The van der Waals surface area contributed by atoms with Crippen molar-refractivity contribution >= 4 is 33.9 Å². The lowest BCUT2D eigenvalue weighted by Crippen LogP contribution is -2.47. The highest BCUT2D eigenvalue weighted by atomic mass is 16.3. The third kappa shape index (κ3) is 4.38. The number of hydrogen-bond donors (Lipinski definition) is 2. The van der Waals surface area contributed by atoms with E-state index in [0.29, 0.717) is 11.0 Å². The number of furan rings is 1. The summed E-state index contributed by atoms with van der Waals surface area (Å²) in [4.78, 5) is 52.3. The lowest BCUT2D eigenvalue weighted by Gasteiger charge is -2.23. The smallest absolute Gasteiger partial charge is 0.332 e. The van der Waals surface area contributed by atoms with Crippen molar-refractivity contribution in [1.82, 2.24) is 19.8 Å². The number of amides is 2. The van der Waals surface area contributed by atoms with E-state index < -0.39 is 17.8 Å². The van der Waals surface area contributed by atoms with Gasteiger partial charge in [-0.1, -0.05) is 44.2 Å². The molecule has 0 saturated heterocycles. The molecule has 0 spiro atoms. The van der Waals surface area contributed by atoms with E-state index in [0.717, 1.165) is 55.9 Å². The molecule has 0 atom stereocenters. The fraction of sp³-hybridized carbons (Fsp3) is 0.520. The summed E-state index contributed by atoms with van der Waals surface area (Å²) in [6.45, 7) is -0.661. The van der Waals surface area contributed by atoms with Crippen LogP contribution in [0, 0.1) is 0 Å². The molecule has 1 aromatic carbocycles. The van der Waals surface area contributed by atoms with Crippen molar-refractivity contribution in [1.29, 1.82) is 0 Å². The number of benzene rings is 1. The lowest BCUT2D eigenvalue weighted by molar-refractivity contribution is -0.123. The van der Waals surface area contributed by atoms with Gasteiger partial charge in [0.2, 0.25) is 17.4 Å². The molecule has 2 saturated carbocycles. The standard InChI is InChI=1S/C25H30N4O5/c30-20(26-16-8-2-1-3-9-16)14-28-22-18-12-6-7-13-19(18)34-23(22)24(32)29(25(28)33)15-21(31)27-17-10-4-5-11-17/h6-7,12-13,16-17H,1-5,8-11,14-15H2,(H,26,30)(H,27,31). The molecule has 5 rings (SSSR count). The molecule has 9 nitrogen and oxygen atoms in total. The summed E-state index contributed by atoms with van der Waals surface area (Å²) < 4.78 is 7.95. The van der Waals surface area contributed by atoms with E-state index >= 15 is 0 Å². The van der Waals surface area contributed by atoms with Gasteiger partial charge in [-0.15, -0.1) is 0 Å². The van der Waals surface area contributed by atoms with Gasteiger partial charge in [0.15, 0.2) is 0 Å². The second-order valence-electron chi connectivity index (χ2n) is 9.49. The predicted octanol–water partition coefficient (Wildman–Crippen LogP) is 2.42. The molecule has 34 heavy (non-hydrogen) atoms. The molecule has 3 aromatic rings. The first-order valence-electron chi connectivity index (χ1n) is 12.2. The Hall–Kier alpha value is -3.36. The summed E-state index contributed by atoms with van der Waals surface area (Å²) in [5, 5.41) is 6.52. The first-order chi connectivity index (χ1) is 16.5. The molecule has 0 unspecified atom stereocenters. The Labute approximate surface area is 196 Å². The van der Waals surface area contributed by atoms with Crippen LogP contribution in [0.5, 0.6) is 0 Å². The molecule has 2 aliphatic carbocycles. The van der Waals surface area contributed by atoms with Crippen LogP contribution in [-0.2, 0) is 22.7 Å². The van der Waals surface area contributed by atoms with Gasteiger partial charge >= 0.3 is 5.69 Å². The highest BCUT2D eigenvalue weighted by molar-refractivity contribution is 6.02. The van der Waals surface area contributed by atoms with Crippen molar-refractivity contribution in [3.8, 4) is 0 Å². The summed E-state index contributed by atoms with van der Waals surface area (Å²) in [5.74, 6) is -0.680. The first kappa shape index (κ1) is 22.4. The summed E-state index contributed by atoms with van der Waals surface area (Å²) >= 11 is 0. The molecule has 0 bridgehead atoms. The molecule has 2 aliphatic rings. The average molecular weight is 467 g/mol. The van der Waals surface area contributed by atoms with Crippen LogP contribution in [0.25, 0.3) is 22.1 Å². The number of nitrogens with one attached hydrogen (secondary N) is 2. The Morgan fingerprint density at radius 3 is 2.03 bits per heavy atom. The van der Waals surface area contributed by atoms with Crippen molar-refractivity contribution in [2.75, 3.05) is 0 Å². The molecule has 180 valence electrons. The van der Waals surface area contributed by atoms with E-state index in [2.05, 4.69) is 10.6 Å². The fourth-order valence-corrected chi connectivity index (χ4v) is 5.33. The molecule has 2 N–H and O–H groups in total. The Morgan fingerprint density at radius 1 is 0.824 bits per heavy atom. The van der Waals surface area contributed by atoms with Crippen LogP contribution in [0.2, 0.25) is 0 Å². The van der Waals surface area contributed by atoms with Gasteiger partial charge in [0, 0.05) is 17.5 Å². The van der Waals surface area contributed by atoms with Gasteiger partial charge in [-0.2, -0.15) is 0 Å². The number of hydrogen-bond acceptors (Lipinski definition) is 5. The third-order valence-electron chi connectivity index (χ3n) is 7.03. The Kier molecular flexibility index (Phi) is 6.26. The minimum absolute atomic E-state index is 0.0278. The van der Waals surface area contributed by atoms with Crippen molar-refractivity contribution in [3.63, 3.8) is 0 Å². The second-order valence-corrected chi connectivity index (χ2v) is 9.49. The van der Waals surface area contributed by atoms with Gasteiger partial charge < -0.3 is 15.1 Å². The lowest BCUT2D eigenvalue weighted by atomic mass is 9.95. The van der Waals surface area contributed by atoms with Crippen LogP contribution >= 0.6 is 0 Å². The van der Waals surface area contributed by atoms with E-state index in [-0.39, 0.29) is 41.5 Å². The number of para-hydroxylation sites is 1. The maximum absolute atomic E-state index is 13.5. The van der Waals surface area contributed by atoms with Crippen molar-refractivity contribution in [2.24, 2.45) is 0 Å². The summed E-state index contributed by atoms with van der Waals surface area (Å²) in [7, 11) is 0. The highest BCUT2D eigenvalue weighted by Crippen LogP contribution is 2.25. The van der Waals surface area contributed by atoms with Gasteiger partial charge in [0.05, 0.1) is 0 Å². The zero-order valence-electron chi connectivity index (χ0n) is 19.2. The highest BCUT2D eigenvalue weighted by Gasteiger charge is 2.24. The van der Waals surface area contributed by atoms with Crippen molar-refractivity contribution < 1.29 is 14.0 Å². The monoisotopic (exact) mass is 466 g/mol. The van der Waals surface area contributed by atoms with Crippen LogP contribution in [0.15, 0.2) is 38.3 Å². The largest absolute Gasteiger partial charge is 0.449 e. The van der Waals surface area contributed by atoms with Crippen LogP contribution in [0.3, 0.4) is 0 Å². The SMILES string of the molecule is O=C(Cn1c(=O)c2oc3ccccc3c2n(CC(=O)NC2CCCCC2)c1=O)NC1CCCC1. The average Bonchev–Trinajstić information content (AvgIpc) is 3.48. The molecule has 2 aromatic heterocycles. The topological polar surface area (TPSA) is 115 Å². The van der Waals surface area contributed by atoms with Gasteiger partial charge in [0.1, 0.15) is 24.2 Å². The van der Waals surface area contributed by atoms with Gasteiger partial charge in [0.25, 0.3) is 5.56 Å². The molecular weight excluding hydrogens is 436 g/mol. The van der Waals surface area contributed by atoms with Crippen LogP contribution in [0.4, 0.5) is 0 Å². The predicted molar refractivity (Wildman–Crippen MR) is 128 cm³/mol. The number of carbonyl (C=O) groups excluding carboxylic acids is 2. The Morgan fingerprint density at radius 2 is 1.38 bits per heavy atom. The summed E-state index contributed by atoms with van der Waals surface area (Å²) in [6, 6.07) is 7.19. The number of nitrogens with zero attached hydrogens (tertiary/aromatic N) is 2. The number of aromatic nitrogens is 2. The van der Waals surface area contributed by atoms with Gasteiger partial charge in [-0.05, 0) is 37.8 Å². The van der Waals surface area contributed by atoms with Crippen LogP contribution < -0.4 is 21.9 Å². The minimum atomic E-state index is -0.690. The van der Waals surface area contributed by atoms with Gasteiger partial charge in [-0.3, -0.25) is 19.0 Å². The maximum Gasteiger partial charge on any atom is 0.332 e. The van der Waals surface area contributed by atoms with E-state index in [1.165, 1.54) is 11.0 Å². The quantitative estimate of drug-likeness (QED) is 0.579. The third-order valence-corrected chi connectivity index (χ3v) is 7.03. The Balaban J connectivity index is 1.53. The minimum Gasteiger partial charge on any atom is -0.449 e. The van der Waals surface area contributed by atoms with E-state index in [1.54, 1.807) is 24.3 Å². The molecule has 2 amide bonds. The first-order valence-corrected chi connectivity index (χ1v) is 12.2. The Bertz CT molecular complexity index is 1340. The zero-order valence-corrected chi connectivity index (χ0v) is 19.2. The second kappa shape index (κ2) is 9.48. The van der Waals surface area contributed by atoms with Crippen LogP contribution in [0.1, 0.15) is 57.8 Å². The fourth-order valence-electron chi connectivity index (χ4n) is 5.33. The number of rotatable bonds is 6. The van der Waals surface area contributed by atoms with Gasteiger partial charge in [-0.25, -0.2) is 9.36 Å². The summed E-state index contributed by atoms with van der Waals surface area (Å²) in [6.07, 6.45) is 9.06. The van der Waals surface area contributed by atoms with E-state index in [1.807, 2.05) is 0 Å². The molecular formula is C25H30N4O5. The molecule has 2 fully saturated rings. The van der Waals surface area contributed by atoms with Crippen molar-refractivity contribution in [2.45, 2.75) is 83.0 Å². The zero-order chi connectivity index (χ0) is 23.7. The normalized spacial score (nSPS) is 17.4. The summed E-state index contributed by atoms with van der Waals surface area (Å²) in [5.41, 5.74) is -0.647. The number of fused-ring (bicyclic) bond motifs is 3.